The highest BCUT2D eigenvalue weighted by Gasteiger charge is 2.09. The summed E-state index contributed by atoms with van der Waals surface area (Å²) in [5.41, 5.74) is 11.5. The number of benzene rings is 2. The summed E-state index contributed by atoms with van der Waals surface area (Å²) in [5.74, 6) is 0.151. The van der Waals surface area contributed by atoms with E-state index in [4.69, 9.17) is 16.2 Å². The van der Waals surface area contributed by atoms with Gasteiger partial charge in [0.15, 0.2) is 17.7 Å². The highest BCUT2D eigenvalue weighted by Crippen LogP contribution is 2.28. The van der Waals surface area contributed by atoms with Crippen LogP contribution in [0.25, 0.3) is 0 Å². The fraction of sp³-hybridized carbons (Fsp3) is 0.0526. The molecule has 0 fully saturated rings. The predicted octanol–water partition coefficient (Wildman–Crippen LogP) is 2.77. The fourth-order valence-electron chi connectivity index (χ4n) is 2.31. The molecule has 8 nitrogen and oxygen atoms in total. The molecule has 0 aliphatic carbocycles. The van der Waals surface area contributed by atoms with Crippen molar-refractivity contribution >= 4 is 29.4 Å². The molecule has 2 aromatic carbocycles. The molecule has 0 aliphatic rings. The summed E-state index contributed by atoms with van der Waals surface area (Å²) in [6.07, 6.45) is 0. The molecule has 6 N–H and O–H groups in total. The number of hydrogen-bond acceptors (Lipinski definition) is 6. The summed E-state index contributed by atoms with van der Waals surface area (Å²) < 4.78 is 6.71. The summed E-state index contributed by atoms with van der Waals surface area (Å²) in [7, 11) is 0. The minimum atomic E-state index is -0.501. The van der Waals surface area contributed by atoms with Gasteiger partial charge in [0.05, 0.1) is 17.1 Å². The lowest BCUT2D eigenvalue weighted by Crippen LogP contribution is -2.21. The molecule has 144 valence electrons. The molecule has 0 bridgehead atoms. The third kappa shape index (κ3) is 4.77. The molecule has 0 spiro atoms. The van der Waals surface area contributed by atoms with E-state index in [2.05, 4.69) is 4.99 Å². The van der Waals surface area contributed by atoms with E-state index in [1.807, 2.05) is 0 Å². The first-order valence-electron chi connectivity index (χ1n) is 8.14. The zero-order chi connectivity index (χ0) is 20.1. The van der Waals surface area contributed by atoms with Crippen LogP contribution in [-0.4, -0.2) is 26.7 Å². The van der Waals surface area contributed by atoms with Crippen molar-refractivity contribution in [2.24, 2.45) is 16.5 Å². The molecule has 0 saturated heterocycles. The van der Waals surface area contributed by atoms with E-state index in [-0.39, 0.29) is 17.7 Å². The van der Waals surface area contributed by atoms with Gasteiger partial charge in [0, 0.05) is 17.0 Å². The minimum Gasteiger partial charge on any atom is -0.494 e. The molecular weight excluding hydrogens is 380 g/mol. The Hall–Kier alpha value is -3.59. The lowest BCUT2D eigenvalue weighted by molar-refractivity contribution is 0.0734. The first kappa shape index (κ1) is 19.2. The van der Waals surface area contributed by atoms with Crippen LogP contribution in [0.15, 0.2) is 70.6 Å². The molecule has 0 atom stereocenters. The second kappa shape index (κ2) is 8.40. The average molecular weight is 398 g/mol. The molecule has 0 saturated carbocycles. The number of rotatable bonds is 6. The number of carbonyl (C=O) groups excluding carboxylic acids is 1. The zero-order valence-corrected chi connectivity index (χ0v) is 15.5. The standard InChI is InChI=1S/C19H18N4O4S/c20-19(21)22-13-3-1-12(2-4-13)18(26)27-14-5-7-15(8-6-14)28-11-23-16(24)9-10-17(23)25/h1-10,24-25H,11H2,(H4,20,21,22). The van der Waals surface area contributed by atoms with E-state index in [1.165, 1.54) is 28.5 Å². The van der Waals surface area contributed by atoms with Gasteiger partial charge in [-0.2, -0.15) is 0 Å². The normalized spacial score (nSPS) is 10.4. The van der Waals surface area contributed by atoms with Gasteiger partial charge >= 0.3 is 5.97 Å². The predicted molar refractivity (Wildman–Crippen MR) is 107 cm³/mol. The molecule has 0 aliphatic heterocycles. The van der Waals surface area contributed by atoms with Crippen LogP contribution in [0, 0.1) is 0 Å². The molecule has 0 amide bonds. The van der Waals surface area contributed by atoms with E-state index in [1.54, 1.807) is 48.5 Å². The van der Waals surface area contributed by atoms with Gasteiger partial charge in [0.25, 0.3) is 0 Å². The number of nitrogens with two attached hydrogens (primary N) is 2. The molecule has 0 unspecified atom stereocenters. The third-order valence-corrected chi connectivity index (χ3v) is 4.68. The van der Waals surface area contributed by atoms with E-state index >= 15 is 0 Å². The Morgan fingerprint density at radius 3 is 2.14 bits per heavy atom. The van der Waals surface area contributed by atoms with Gasteiger partial charge in [-0.1, -0.05) is 0 Å². The van der Waals surface area contributed by atoms with Crippen molar-refractivity contribution in [1.82, 2.24) is 4.57 Å². The van der Waals surface area contributed by atoms with Crippen LogP contribution in [0.5, 0.6) is 17.5 Å². The second-order valence-electron chi connectivity index (χ2n) is 5.70. The van der Waals surface area contributed by atoms with Crippen LogP contribution in [0.1, 0.15) is 10.4 Å². The van der Waals surface area contributed by atoms with Crippen molar-refractivity contribution in [2.45, 2.75) is 10.8 Å². The van der Waals surface area contributed by atoms with Gasteiger partial charge in [-0.05, 0) is 48.5 Å². The number of ether oxygens (including phenoxy) is 1. The Balaban J connectivity index is 1.59. The van der Waals surface area contributed by atoms with Crippen LogP contribution >= 0.6 is 11.8 Å². The zero-order valence-electron chi connectivity index (χ0n) is 14.6. The maximum absolute atomic E-state index is 12.2. The van der Waals surface area contributed by atoms with Crippen molar-refractivity contribution < 1.29 is 19.7 Å². The minimum absolute atomic E-state index is 0.0126. The smallest absolute Gasteiger partial charge is 0.343 e. The number of aliphatic imine (C=N–C) groups is 1. The molecule has 0 radical (unpaired) electrons. The maximum atomic E-state index is 12.2. The number of guanidine groups is 1. The van der Waals surface area contributed by atoms with Gasteiger partial charge in [-0.15, -0.1) is 11.8 Å². The summed E-state index contributed by atoms with van der Waals surface area (Å²) in [6.45, 7) is 0. The lowest BCUT2D eigenvalue weighted by atomic mass is 10.2. The molecule has 9 heteroatoms. The molecule has 3 rings (SSSR count). The van der Waals surface area contributed by atoms with Gasteiger partial charge < -0.3 is 26.4 Å². The molecule has 3 aromatic rings. The number of carbonyl (C=O) groups is 1. The Morgan fingerprint density at radius 1 is 0.964 bits per heavy atom. The van der Waals surface area contributed by atoms with Crippen molar-refractivity contribution in [1.29, 1.82) is 0 Å². The number of hydrogen-bond donors (Lipinski definition) is 4. The first-order chi connectivity index (χ1) is 13.4. The van der Waals surface area contributed by atoms with E-state index in [0.29, 0.717) is 22.9 Å². The molecule has 1 heterocycles. The number of aromatic hydroxyl groups is 2. The topological polar surface area (TPSA) is 136 Å². The van der Waals surface area contributed by atoms with Crippen molar-refractivity contribution in [3.63, 3.8) is 0 Å². The van der Waals surface area contributed by atoms with Crippen LogP contribution < -0.4 is 16.2 Å². The van der Waals surface area contributed by atoms with Gasteiger partial charge in [-0.25, -0.2) is 9.79 Å². The highest BCUT2D eigenvalue weighted by atomic mass is 32.2. The summed E-state index contributed by atoms with van der Waals surface area (Å²) in [5, 5.41) is 19.3. The number of thioether (sulfide) groups is 1. The SMILES string of the molecule is NC(N)=Nc1ccc(C(=O)Oc2ccc(SCn3c(O)ccc3O)cc2)cc1. The lowest BCUT2D eigenvalue weighted by Gasteiger charge is -2.08. The second-order valence-corrected chi connectivity index (χ2v) is 6.71. The molecule has 28 heavy (non-hydrogen) atoms. The first-order valence-corrected chi connectivity index (χ1v) is 9.13. The van der Waals surface area contributed by atoms with E-state index in [0.717, 1.165) is 4.90 Å². The largest absolute Gasteiger partial charge is 0.494 e. The Kier molecular flexibility index (Phi) is 5.75. The third-order valence-electron chi connectivity index (χ3n) is 3.69. The van der Waals surface area contributed by atoms with Gasteiger partial charge in [0.2, 0.25) is 0 Å². The number of nitrogens with zero attached hydrogens (tertiary/aromatic N) is 2. The number of esters is 1. The summed E-state index contributed by atoms with van der Waals surface area (Å²) in [6, 6.07) is 16.1. The Bertz CT molecular complexity index is 974. The molecule has 1 aromatic heterocycles. The van der Waals surface area contributed by atoms with E-state index < -0.39 is 5.97 Å². The Morgan fingerprint density at radius 2 is 1.57 bits per heavy atom. The quantitative estimate of drug-likeness (QED) is 0.165. The van der Waals surface area contributed by atoms with Gasteiger partial charge in [0.1, 0.15) is 5.75 Å². The average Bonchev–Trinajstić information content (AvgIpc) is 2.99. The summed E-state index contributed by atoms with van der Waals surface area (Å²) in [4.78, 5) is 17.0. The van der Waals surface area contributed by atoms with Crippen molar-refractivity contribution in [2.75, 3.05) is 0 Å². The summed E-state index contributed by atoms with van der Waals surface area (Å²) >= 11 is 1.41. The fourth-order valence-corrected chi connectivity index (χ4v) is 3.18. The van der Waals surface area contributed by atoms with Crippen LogP contribution in [0.4, 0.5) is 5.69 Å². The van der Waals surface area contributed by atoms with Crippen LogP contribution in [0.2, 0.25) is 0 Å². The van der Waals surface area contributed by atoms with Crippen molar-refractivity contribution in [3.8, 4) is 17.5 Å². The monoisotopic (exact) mass is 398 g/mol. The molecular formula is C19H18N4O4S. The van der Waals surface area contributed by atoms with Crippen LogP contribution in [-0.2, 0) is 5.88 Å². The van der Waals surface area contributed by atoms with E-state index in [9.17, 15) is 15.0 Å². The van der Waals surface area contributed by atoms with Crippen molar-refractivity contribution in [3.05, 3.63) is 66.2 Å². The van der Waals surface area contributed by atoms with Gasteiger partial charge in [-0.3, -0.25) is 4.57 Å². The van der Waals surface area contributed by atoms with Crippen LogP contribution in [0.3, 0.4) is 0 Å². The highest BCUT2D eigenvalue weighted by molar-refractivity contribution is 7.98. The maximum Gasteiger partial charge on any atom is 0.343 e. The number of aromatic nitrogens is 1. The Labute approximate surface area is 165 Å².